The average molecular weight is 380 g/mol. The fourth-order valence-electron chi connectivity index (χ4n) is 2.56. The lowest BCUT2D eigenvalue weighted by Crippen LogP contribution is -2.39. The monoisotopic (exact) mass is 380 g/mol. The number of nitrogens with zero attached hydrogens (tertiary/aromatic N) is 5. The van der Waals surface area contributed by atoms with Crippen LogP contribution in [0.25, 0.3) is 0 Å². The Morgan fingerprint density at radius 2 is 1.68 bits per heavy atom. The predicted octanol–water partition coefficient (Wildman–Crippen LogP) is 4.23. The van der Waals surface area contributed by atoms with Gasteiger partial charge in [-0.15, -0.1) is 0 Å². The molecular formula is C20H21FN6O. The third kappa shape index (κ3) is 4.40. The molecule has 0 fully saturated rings. The molecule has 0 atom stereocenters. The van der Waals surface area contributed by atoms with Gasteiger partial charge in [0.15, 0.2) is 0 Å². The minimum Gasteiger partial charge on any atom is -0.352 e. The van der Waals surface area contributed by atoms with Gasteiger partial charge >= 0.3 is 6.03 Å². The summed E-state index contributed by atoms with van der Waals surface area (Å²) in [6, 6.07) is 10.5. The van der Waals surface area contributed by atoms with E-state index in [1.54, 1.807) is 43.8 Å². The number of amides is 2. The number of pyridine rings is 1. The van der Waals surface area contributed by atoms with Crippen LogP contribution in [-0.4, -0.2) is 34.1 Å². The van der Waals surface area contributed by atoms with Gasteiger partial charge in [0.1, 0.15) is 11.6 Å². The number of rotatable bonds is 5. The summed E-state index contributed by atoms with van der Waals surface area (Å²) < 4.78 is 13.4. The number of hydrogen-bond acceptors (Lipinski definition) is 5. The molecule has 2 amide bonds. The molecule has 0 saturated heterocycles. The Labute approximate surface area is 162 Å². The Hall–Kier alpha value is -3.55. The summed E-state index contributed by atoms with van der Waals surface area (Å²) >= 11 is 0. The molecule has 144 valence electrons. The topological polar surface area (TPSA) is 74.2 Å². The van der Waals surface area contributed by atoms with Crippen molar-refractivity contribution in [3.8, 4) is 0 Å². The van der Waals surface area contributed by atoms with Crippen molar-refractivity contribution in [3.05, 3.63) is 66.9 Å². The molecule has 0 aliphatic carbocycles. The fourth-order valence-corrected chi connectivity index (χ4v) is 2.56. The van der Waals surface area contributed by atoms with Crippen LogP contribution in [0, 0.1) is 5.82 Å². The molecule has 2 heterocycles. The van der Waals surface area contributed by atoms with E-state index in [-0.39, 0.29) is 17.9 Å². The Kier molecular flexibility index (Phi) is 5.78. The molecule has 1 aromatic carbocycles. The first kappa shape index (κ1) is 19.2. The summed E-state index contributed by atoms with van der Waals surface area (Å²) in [4.78, 5) is 28.8. The highest BCUT2D eigenvalue weighted by Crippen LogP contribution is 2.27. The van der Waals surface area contributed by atoms with Crippen molar-refractivity contribution in [2.45, 2.75) is 19.9 Å². The van der Waals surface area contributed by atoms with Crippen molar-refractivity contribution < 1.29 is 9.18 Å². The summed E-state index contributed by atoms with van der Waals surface area (Å²) in [5.41, 5.74) is 1.16. The van der Waals surface area contributed by atoms with Crippen molar-refractivity contribution in [3.63, 3.8) is 0 Å². The van der Waals surface area contributed by atoms with E-state index in [0.717, 1.165) is 0 Å². The standard InChI is InChI=1S/C20H21FN6O/c1-14(2)24-19-23-13-10-18(25-19)27(17-6-4-15(21)5-7-17)20(28)26(3)16-8-11-22-12-9-16/h4-14H,1-3H3,(H,23,24,25). The van der Waals surface area contributed by atoms with Crippen LogP contribution in [0.3, 0.4) is 0 Å². The molecule has 28 heavy (non-hydrogen) atoms. The van der Waals surface area contributed by atoms with E-state index in [1.807, 2.05) is 13.8 Å². The summed E-state index contributed by atoms with van der Waals surface area (Å²) in [5, 5.41) is 3.12. The van der Waals surface area contributed by atoms with E-state index >= 15 is 0 Å². The molecule has 3 aromatic rings. The third-order valence-electron chi connectivity index (χ3n) is 3.90. The van der Waals surface area contributed by atoms with E-state index < -0.39 is 0 Å². The van der Waals surface area contributed by atoms with Crippen molar-refractivity contribution in [2.24, 2.45) is 0 Å². The Morgan fingerprint density at radius 1 is 1.00 bits per heavy atom. The highest BCUT2D eigenvalue weighted by molar-refractivity contribution is 6.07. The highest BCUT2D eigenvalue weighted by Gasteiger charge is 2.24. The van der Waals surface area contributed by atoms with Gasteiger partial charge in [-0.25, -0.2) is 19.1 Å². The number of carbonyl (C=O) groups excluding carboxylic acids is 1. The van der Waals surface area contributed by atoms with Gasteiger partial charge in [0.2, 0.25) is 5.95 Å². The molecule has 0 spiro atoms. The van der Waals surface area contributed by atoms with Gasteiger partial charge in [0, 0.05) is 43.4 Å². The largest absolute Gasteiger partial charge is 0.352 e. The molecule has 0 radical (unpaired) electrons. The Morgan fingerprint density at radius 3 is 2.32 bits per heavy atom. The Balaban J connectivity index is 2.03. The SMILES string of the molecule is CC(C)Nc1nccc(N(C(=O)N(C)c2ccncc2)c2ccc(F)cc2)n1. The maximum atomic E-state index is 13.4. The minimum atomic E-state index is -0.386. The molecule has 2 aromatic heterocycles. The molecular weight excluding hydrogens is 359 g/mol. The summed E-state index contributed by atoms with van der Waals surface area (Å²) in [6.07, 6.45) is 4.79. The average Bonchev–Trinajstić information content (AvgIpc) is 2.69. The lowest BCUT2D eigenvalue weighted by atomic mass is 10.2. The van der Waals surface area contributed by atoms with Crippen LogP contribution in [-0.2, 0) is 0 Å². The van der Waals surface area contributed by atoms with Crippen LogP contribution in [0.5, 0.6) is 0 Å². The van der Waals surface area contributed by atoms with E-state index in [1.165, 1.54) is 34.1 Å². The zero-order valence-electron chi connectivity index (χ0n) is 15.9. The first-order valence-electron chi connectivity index (χ1n) is 8.78. The molecule has 0 aliphatic heterocycles. The number of anilines is 4. The van der Waals surface area contributed by atoms with Gasteiger partial charge in [-0.3, -0.25) is 9.88 Å². The molecule has 0 saturated carbocycles. The van der Waals surface area contributed by atoms with Crippen LogP contribution < -0.4 is 15.1 Å². The highest BCUT2D eigenvalue weighted by atomic mass is 19.1. The quantitative estimate of drug-likeness (QED) is 0.717. The molecule has 1 N–H and O–H groups in total. The van der Waals surface area contributed by atoms with Crippen LogP contribution in [0.1, 0.15) is 13.8 Å². The van der Waals surface area contributed by atoms with Crippen LogP contribution in [0.15, 0.2) is 61.1 Å². The molecule has 0 unspecified atom stereocenters. The second-order valence-electron chi connectivity index (χ2n) is 6.40. The van der Waals surface area contributed by atoms with Gasteiger partial charge < -0.3 is 5.32 Å². The van der Waals surface area contributed by atoms with Gasteiger partial charge in [0.25, 0.3) is 0 Å². The number of benzene rings is 1. The zero-order valence-corrected chi connectivity index (χ0v) is 15.9. The van der Waals surface area contributed by atoms with Gasteiger partial charge in [-0.05, 0) is 50.2 Å². The maximum absolute atomic E-state index is 13.4. The van der Waals surface area contributed by atoms with Crippen molar-refractivity contribution in [1.29, 1.82) is 0 Å². The molecule has 0 bridgehead atoms. The van der Waals surface area contributed by atoms with Crippen LogP contribution >= 0.6 is 0 Å². The molecule has 0 aliphatic rings. The normalized spacial score (nSPS) is 10.6. The second-order valence-corrected chi connectivity index (χ2v) is 6.40. The van der Waals surface area contributed by atoms with Gasteiger partial charge in [-0.2, -0.15) is 4.98 Å². The smallest absolute Gasteiger partial charge is 0.334 e. The van der Waals surface area contributed by atoms with Crippen LogP contribution in [0.4, 0.5) is 32.3 Å². The van der Waals surface area contributed by atoms with Crippen molar-refractivity contribution in [2.75, 3.05) is 22.2 Å². The summed E-state index contributed by atoms with van der Waals surface area (Å²) in [5.74, 6) is 0.387. The lowest BCUT2D eigenvalue weighted by molar-refractivity contribution is 0.254. The number of nitrogens with one attached hydrogen (secondary N) is 1. The summed E-state index contributed by atoms with van der Waals surface area (Å²) in [7, 11) is 1.66. The molecule has 7 nitrogen and oxygen atoms in total. The van der Waals surface area contributed by atoms with E-state index in [2.05, 4.69) is 20.3 Å². The first-order valence-corrected chi connectivity index (χ1v) is 8.78. The molecule has 3 rings (SSSR count). The lowest BCUT2D eigenvalue weighted by Gasteiger charge is -2.27. The first-order chi connectivity index (χ1) is 13.5. The van der Waals surface area contributed by atoms with E-state index in [9.17, 15) is 9.18 Å². The molecule has 8 heteroatoms. The van der Waals surface area contributed by atoms with E-state index in [0.29, 0.717) is 23.1 Å². The van der Waals surface area contributed by atoms with Crippen LogP contribution in [0.2, 0.25) is 0 Å². The second kappa shape index (κ2) is 8.43. The number of hydrogen-bond donors (Lipinski definition) is 1. The third-order valence-corrected chi connectivity index (χ3v) is 3.90. The van der Waals surface area contributed by atoms with Gasteiger partial charge in [0.05, 0.1) is 5.69 Å². The number of carbonyl (C=O) groups is 1. The Bertz CT molecular complexity index is 933. The number of aromatic nitrogens is 3. The van der Waals surface area contributed by atoms with E-state index in [4.69, 9.17) is 0 Å². The fraction of sp³-hybridized carbons (Fsp3) is 0.200. The maximum Gasteiger partial charge on any atom is 0.334 e. The number of halogens is 1. The summed E-state index contributed by atoms with van der Waals surface area (Å²) in [6.45, 7) is 3.94. The predicted molar refractivity (Wildman–Crippen MR) is 107 cm³/mol. The zero-order chi connectivity index (χ0) is 20.1. The van der Waals surface area contributed by atoms with Crippen molar-refractivity contribution in [1.82, 2.24) is 15.0 Å². The van der Waals surface area contributed by atoms with Gasteiger partial charge in [-0.1, -0.05) is 0 Å². The number of urea groups is 1. The minimum absolute atomic E-state index is 0.129. The van der Waals surface area contributed by atoms with Crippen molar-refractivity contribution >= 4 is 29.2 Å².